The molecule has 0 aliphatic carbocycles. The molecule has 7 nitrogen and oxygen atoms in total. The van der Waals surface area contributed by atoms with E-state index in [2.05, 4.69) is 5.32 Å². The van der Waals surface area contributed by atoms with E-state index in [-0.39, 0.29) is 37.1 Å². The molecule has 0 atom stereocenters. The number of ether oxygens (including phenoxy) is 3. The van der Waals surface area contributed by atoms with Gasteiger partial charge in [-0.25, -0.2) is 4.39 Å². The summed E-state index contributed by atoms with van der Waals surface area (Å²) < 4.78 is 31.2. The van der Waals surface area contributed by atoms with Crippen LogP contribution in [0.3, 0.4) is 0 Å². The molecule has 0 unspecified atom stereocenters. The van der Waals surface area contributed by atoms with E-state index >= 15 is 0 Å². The molecule has 1 N–H and O–H groups in total. The highest BCUT2D eigenvalue weighted by Crippen LogP contribution is 2.36. The topological polar surface area (TPSA) is 77.1 Å². The molecular formula is C29H30ClFN2O5. The lowest BCUT2D eigenvalue weighted by Crippen LogP contribution is -2.38. The molecule has 0 aromatic heterocycles. The fraction of sp³-hybridized carbons (Fsp3) is 0.310. The van der Waals surface area contributed by atoms with Gasteiger partial charge in [0.05, 0.1) is 25.4 Å². The van der Waals surface area contributed by atoms with E-state index in [0.717, 1.165) is 12.8 Å². The molecule has 0 bridgehead atoms. The summed E-state index contributed by atoms with van der Waals surface area (Å²) in [5, 5.41) is 3.26. The van der Waals surface area contributed by atoms with E-state index < -0.39 is 5.82 Å². The first-order valence-electron chi connectivity index (χ1n) is 12.6. The van der Waals surface area contributed by atoms with Crippen LogP contribution < -0.4 is 19.5 Å². The number of hydrogen-bond acceptors (Lipinski definition) is 5. The quantitative estimate of drug-likeness (QED) is 0.376. The van der Waals surface area contributed by atoms with Crippen molar-refractivity contribution in [2.75, 3.05) is 31.6 Å². The first-order chi connectivity index (χ1) is 18.5. The zero-order valence-corrected chi connectivity index (χ0v) is 21.7. The number of nitrogens with zero attached hydrogens (tertiary/aromatic N) is 1. The van der Waals surface area contributed by atoms with Crippen molar-refractivity contribution in [2.24, 2.45) is 0 Å². The number of fused-ring (bicyclic) bond motifs is 2. The lowest BCUT2D eigenvalue weighted by Gasteiger charge is -2.23. The van der Waals surface area contributed by atoms with E-state index in [9.17, 15) is 14.0 Å². The van der Waals surface area contributed by atoms with E-state index in [4.69, 9.17) is 25.8 Å². The van der Waals surface area contributed by atoms with E-state index in [1.807, 2.05) is 18.2 Å². The number of anilines is 1. The minimum Gasteiger partial charge on any atom is -0.491 e. The Bertz CT molecular complexity index is 1260. The average molecular weight is 541 g/mol. The molecular weight excluding hydrogens is 511 g/mol. The minimum absolute atomic E-state index is 0.119. The Hall–Kier alpha value is -3.78. The third-order valence-corrected chi connectivity index (χ3v) is 6.17. The zero-order valence-electron chi connectivity index (χ0n) is 21.0. The van der Waals surface area contributed by atoms with Crippen LogP contribution in [-0.2, 0) is 9.59 Å². The maximum atomic E-state index is 13.7. The maximum absolute atomic E-state index is 13.7. The number of rotatable bonds is 5. The van der Waals surface area contributed by atoms with Crippen molar-refractivity contribution < 1.29 is 28.2 Å². The number of benzene rings is 3. The molecule has 3 aromatic carbocycles. The molecule has 4 rings (SSSR count). The second-order valence-corrected chi connectivity index (χ2v) is 9.28. The Morgan fingerprint density at radius 1 is 1.00 bits per heavy atom. The highest BCUT2D eigenvalue weighted by atomic mass is 35.5. The predicted molar refractivity (Wildman–Crippen MR) is 144 cm³/mol. The second-order valence-electron chi connectivity index (χ2n) is 8.84. The Kier molecular flexibility index (Phi) is 9.81. The van der Waals surface area contributed by atoms with Crippen molar-refractivity contribution in [1.82, 2.24) is 4.90 Å². The maximum Gasteiger partial charge on any atom is 0.244 e. The molecule has 9 heteroatoms. The van der Waals surface area contributed by atoms with Gasteiger partial charge in [0, 0.05) is 18.0 Å². The Morgan fingerprint density at radius 2 is 1.79 bits per heavy atom. The van der Waals surface area contributed by atoms with Crippen LogP contribution in [0.2, 0.25) is 5.02 Å². The minimum atomic E-state index is -0.447. The van der Waals surface area contributed by atoms with Crippen molar-refractivity contribution in [3.8, 4) is 23.0 Å². The molecule has 0 saturated carbocycles. The average Bonchev–Trinajstić information content (AvgIpc) is 2.91. The Labute approximate surface area is 226 Å². The highest BCUT2D eigenvalue weighted by Gasteiger charge is 2.19. The number of carbonyl (C=O) groups excluding carboxylic acids is 2. The van der Waals surface area contributed by atoms with Crippen LogP contribution >= 0.6 is 11.6 Å². The smallest absolute Gasteiger partial charge is 0.244 e. The number of para-hydroxylation sites is 3. The van der Waals surface area contributed by atoms with Gasteiger partial charge in [-0.1, -0.05) is 35.9 Å². The fourth-order valence-electron chi connectivity index (χ4n) is 4.01. The molecule has 0 saturated heterocycles. The van der Waals surface area contributed by atoms with E-state index in [0.29, 0.717) is 54.0 Å². The summed E-state index contributed by atoms with van der Waals surface area (Å²) in [6.45, 7) is 0.988. The van der Waals surface area contributed by atoms with Crippen molar-refractivity contribution >= 4 is 29.1 Å². The van der Waals surface area contributed by atoms with Crippen LogP contribution in [0.1, 0.15) is 32.1 Å². The molecule has 0 spiro atoms. The van der Waals surface area contributed by atoms with E-state index in [1.165, 1.54) is 6.07 Å². The van der Waals surface area contributed by atoms with Gasteiger partial charge in [-0.3, -0.25) is 9.59 Å². The lowest BCUT2D eigenvalue weighted by molar-refractivity contribution is -0.135. The molecule has 0 radical (unpaired) electrons. The van der Waals surface area contributed by atoms with Crippen LogP contribution in [0.15, 0.2) is 66.7 Å². The van der Waals surface area contributed by atoms with Crippen molar-refractivity contribution in [3.05, 3.63) is 77.6 Å². The largest absolute Gasteiger partial charge is 0.491 e. The predicted octanol–water partition coefficient (Wildman–Crippen LogP) is 6.46. The lowest BCUT2D eigenvalue weighted by atomic mass is 10.2. The zero-order chi connectivity index (χ0) is 26.7. The van der Waals surface area contributed by atoms with E-state index in [1.54, 1.807) is 47.4 Å². The molecule has 1 aliphatic rings. The van der Waals surface area contributed by atoms with Gasteiger partial charge < -0.3 is 24.4 Å². The first kappa shape index (κ1) is 27.3. The van der Waals surface area contributed by atoms with Gasteiger partial charge in [0.2, 0.25) is 11.8 Å². The van der Waals surface area contributed by atoms with Crippen molar-refractivity contribution in [1.29, 1.82) is 0 Å². The normalized spacial score (nSPS) is 14.5. The van der Waals surface area contributed by atoms with Crippen LogP contribution in [0, 0.1) is 5.82 Å². The highest BCUT2D eigenvalue weighted by molar-refractivity contribution is 6.31. The van der Waals surface area contributed by atoms with Crippen LogP contribution in [0.25, 0.3) is 0 Å². The first-order valence-corrected chi connectivity index (χ1v) is 13.0. The second kappa shape index (κ2) is 13.7. The molecule has 1 heterocycles. The van der Waals surface area contributed by atoms with Crippen LogP contribution in [0.5, 0.6) is 23.0 Å². The standard InChI is InChI=1S/C29H30ClFN2O5/c30-21-14-15-25-23(19-21)32-28(34)20-33(29(35)13-8-18-36-24-10-3-2-9-22(24)31)16-6-1-7-17-37-26-11-4-5-12-27(26)38-25/h2-5,9-12,14-15,19H,1,6-8,13,16-18,20H2,(H,32,34). The fourth-order valence-corrected chi connectivity index (χ4v) is 4.18. The molecule has 200 valence electrons. The van der Waals surface area contributed by atoms with Gasteiger partial charge in [-0.2, -0.15) is 0 Å². The Balaban J connectivity index is 1.43. The summed E-state index contributed by atoms with van der Waals surface area (Å²) in [4.78, 5) is 27.6. The number of hydrogen-bond donors (Lipinski definition) is 1. The van der Waals surface area contributed by atoms with Crippen LogP contribution in [-0.4, -0.2) is 43.0 Å². The molecule has 0 fully saturated rings. The van der Waals surface area contributed by atoms with Gasteiger partial charge in [0.15, 0.2) is 28.8 Å². The molecule has 1 aliphatic heterocycles. The SMILES string of the molecule is O=C1CN(C(=O)CCCOc2ccccc2F)CCCCCOc2ccccc2Oc2ccc(Cl)cc2N1. The number of halogens is 2. The molecule has 2 amide bonds. The summed E-state index contributed by atoms with van der Waals surface area (Å²) in [5.41, 5.74) is 0.387. The van der Waals surface area contributed by atoms with Gasteiger partial charge in [-0.05, 0) is 68.1 Å². The molecule has 38 heavy (non-hydrogen) atoms. The van der Waals surface area contributed by atoms with Crippen LogP contribution in [0.4, 0.5) is 10.1 Å². The summed E-state index contributed by atoms with van der Waals surface area (Å²) in [7, 11) is 0. The summed E-state index contributed by atoms with van der Waals surface area (Å²) >= 11 is 6.19. The number of amides is 2. The summed E-state index contributed by atoms with van der Waals surface area (Å²) in [6, 6.07) is 18.4. The summed E-state index contributed by atoms with van der Waals surface area (Å²) in [6.07, 6.45) is 2.88. The van der Waals surface area contributed by atoms with Gasteiger partial charge in [0.25, 0.3) is 0 Å². The monoisotopic (exact) mass is 540 g/mol. The third-order valence-electron chi connectivity index (χ3n) is 5.93. The number of carbonyl (C=O) groups is 2. The number of nitrogens with one attached hydrogen (secondary N) is 1. The Morgan fingerprint density at radius 3 is 2.63 bits per heavy atom. The van der Waals surface area contributed by atoms with Gasteiger partial charge in [0.1, 0.15) is 0 Å². The van der Waals surface area contributed by atoms with Gasteiger partial charge >= 0.3 is 0 Å². The molecule has 3 aromatic rings. The van der Waals surface area contributed by atoms with Gasteiger partial charge in [-0.15, -0.1) is 0 Å². The summed E-state index contributed by atoms with van der Waals surface area (Å²) in [5.74, 6) is 0.686. The van der Waals surface area contributed by atoms with Crippen molar-refractivity contribution in [3.63, 3.8) is 0 Å². The van der Waals surface area contributed by atoms with Crippen molar-refractivity contribution in [2.45, 2.75) is 32.1 Å². The third kappa shape index (κ3) is 7.86.